The summed E-state index contributed by atoms with van der Waals surface area (Å²) >= 11 is 13.6. The number of Topliss-reactive ketones (excluding diaryl/α,β-unsaturated/α-hetero) is 1. The Kier molecular flexibility index (Phi) is 5.47. The van der Waals surface area contributed by atoms with Gasteiger partial charge in [-0.3, -0.25) is 9.59 Å². The SMILES string of the molecule is Cc1ccccc1C(=O)/C=c1\s/c(=C\c2c(Cl)cccc2Cl)c(=O)n1C. The van der Waals surface area contributed by atoms with Gasteiger partial charge in [0.05, 0.1) is 4.53 Å². The Morgan fingerprint density at radius 3 is 2.38 bits per heavy atom. The number of carbonyl (C=O) groups is 1. The van der Waals surface area contributed by atoms with Crippen LogP contribution in [0.5, 0.6) is 0 Å². The van der Waals surface area contributed by atoms with Crippen LogP contribution in [-0.2, 0) is 7.05 Å². The van der Waals surface area contributed by atoms with Gasteiger partial charge >= 0.3 is 0 Å². The third kappa shape index (κ3) is 3.68. The number of aromatic nitrogens is 1. The summed E-state index contributed by atoms with van der Waals surface area (Å²) in [7, 11) is 1.64. The van der Waals surface area contributed by atoms with Crippen molar-refractivity contribution in [3.05, 3.63) is 88.7 Å². The quantitative estimate of drug-likeness (QED) is 0.627. The first-order valence-corrected chi connectivity index (χ1v) is 9.39. The molecule has 3 rings (SSSR count). The Morgan fingerprint density at radius 2 is 1.73 bits per heavy atom. The molecule has 1 heterocycles. The molecular weight excluding hydrogens is 389 g/mol. The molecule has 0 saturated carbocycles. The van der Waals surface area contributed by atoms with Gasteiger partial charge in [-0.15, -0.1) is 11.3 Å². The average molecular weight is 404 g/mol. The van der Waals surface area contributed by atoms with Crippen LogP contribution >= 0.6 is 34.5 Å². The number of aryl methyl sites for hydroxylation is 1. The normalized spacial score (nSPS) is 12.6. The summed E-state index contributed by atoms with van der Waals surface area (Å²) in [4.78, 5) is 25.1. The van der Waals surface area contributed by atoms with Crippen molar-refractivity contribution < 1.29 is 4.79 Å². The summed E-state index contributed by atoms with van der Waals surface area (Å²) in [6, 6.07) is 12.5. The highest BCUT2D eigenvalue weighted by Gasteiger charge is 2.09. The van der Waals surface area contributed by atoms with Crippen molar-refractivity contribution in [2.24, 2.45) is 7.05 Å². The van der Waals surface area contributed by atoms with E-state index in [0.717, 1.165) is 5.56 Å². The molecule has 0 atom stereocenters. The van der Waals surface area contributed by atoms with Crippen LogP contribution in [0.15, 0.2) is 47.3 Å². The number of rotatable bonds is 3. The summed E-state index contributed by atoms with van der Waals surface area (Å²) < 4.78 is 2.49. The molecule has 0 spiro atoms. The van der Waals surface area contributed by atoms with E-state index in [1.54, 1.807) is 37.4 Å². The Balaban J connectivity index is 2.14. The minimum Gasteiger partial charge on any atom is -0.302 e. The predicted molar refractivity (Wildman–Crippen MR) is 109 cm³/mol. The molecule has 0 amide bonds. The molecule has 0 fully saturated rings. The van der Waals surface area contributed by atoms with Gasteiger partial charge < -0.3 is 4.57 Å². The molecule has 0 radical (unpaired) electrons. The van der Waals surface area contributed by atoms with Gasteiger partial charge in [-0.1, -0.05) is 53.5 Å². The monoisotopic (exact) mass is 403 g/mol. The lowest BCUT2D eigenvalue weighted by molar-refractivity contribution is 0.106. The van der Waals surface area contributed by atoms with Crippen LogP contribution in [0.4, 0.5) is 0 Å². The second-order valence-corrected chi connectivity index (χ2v) is 7.65. The largest absolute Gasteiger partial charge is 0.302 e. The minimum atomic E-state index is -0.199. The lowest BCUT2D eigenvalue weighted by atomic mass is 10.1. The average Bonchev–Trinajstić information content (AvgIpc) is 2.86. The van der Waals surface area contributed by atoms with Crippen molar-refractivity contribution in [1.82, 2.24) is 4.57 Å². The number of hydrogen-bond acceptors (Lipinski definition) is 3. The Morgan fingerprint density at radius 1 is 1.08 bits per heavy atom. The van der Waals surface area contributed by atoms with Crippen molar-refractivity contribution in [3.8, 4) is 0 Å². The molecular formula is C20H15Cl2NO2S. The molecule has 1 aromatic heterocycles. The molecule has 0 aliphatic rings. The number of thiazole rings is 1. The molecule has 0 aliphatic carbocycles. The van der Waals surface area contributed by atoms with E-state index >= 15 is 0 Å². The van der Waals surface area contributed by atoms with Gasteiger partial charge in [0.1, 0.15) is 4.66 Å². The zero-order valence-electron chi connectivity index (χ0n) is 14.1. The lowest BCUT2D eigenvalue weighted by Gasteiger charge is -1.99. The molecule has 2 aromatic carbocycles. The van der Waals surface area contributed by atoms with E-state index in [1.807, 2.05) is 25.1 Å². The van der Waals surface area contributed by atoms with E-state index < -0.39 is 0 Å². The van der Waals surface area contributed by atoms with E-state index in [-0.39, 0.29) is 11.3 Å². The van der Waals surface area contributed by atoms with Crippen LogP contribution in [-0.4, -0.2) is 10.4 Å². The second-order valence-electron chi connectivity index (χ2n) is 5.77. The predicted octanol–water partition coefficient (Wildman–Crippen LogP) is 3.55. The van der Waals surface area contributed by atoms with Crippen LogP contribution in [0.2, 0.25) is 10.0 Å². The number of benzene rings is 2. The highest BCUT2D eigenvalue weighted by molar-refractivity contribution is 7.07. The van der Waals surface area contributed by atoms with Crippen molar-refractivity contribution in [3.63, 3.8) is 0 Å². The van der Waals surface area contributed by atoms with E-state index in [4.69, 9.17) is 23.2 Å². The molecule has 0 aliphatic heterocycles. The van der Waals surface area contributed by atoms with Crippen LogP contribution in [0.25, 0.3) is 12.2 Å². The van der Waals surface area contributed by atoms with Crippen molar-refractivity contribution in [2.75, 3.05) is 0 Å². The second kappa shape index (κ2) is 7.62. The van der Waals surface area contributed by atoms with Crippen LogP contribution < -0.4 is 14.8 Å². The first-order valence-electron chi connectivity index (χ1n) is 7.81. The van der Waals surface area contributed by atoms with Gasteiger partial charge in [0.15, 0.2) is 5.78 Å². The highest BCUT2D eigenvalue weighted by Crippen LogP contribution is 2.24. The summed E-state index contributed by atoms with van der Waals surface area (Å²) in [6.07, 6.45) is 3.15. The van der Waals surface area contributed by atoms with Crippen molar-refractivity contribution >= 4 is 52.5 Å². The third-order valence-electron chi connectivity index (χ3n) is 4.00. The van der Waals surface area contributed by atoms with E-state index in [1.165, 1.54) is 22.0 Å². The van der Waals surface area contributed by atoms with E-state index in [2.05, 4.69) is 0 Å². The highest BCUT2D eigenvalue weighted by atomic mass is 35.5. The minimum absolute atomic E-state index is 0.137. The molecule has 3 aromatic rings. The molecule has 0 bridgehead atoms. The third-order valence-corrected chi connectivity index (χ3v) is 5.77. The van der Waals surface area contributed by atoms with Gasteiger partial charge in [-0.25, -0.2) is 0 Å². The number of hydrogen-bond donors (Lipinski definition) is 0. The molecule has 6 heteroatoms. The Hall–Kier alpha value is -2.14. The fourth-order valence-corrected chi connectivity index (χ4v) is 4.05. The molecule has 0 N–H and O–H groups in total. The zero-order chi connectivity index (χ0) is 18.8. The topological polar surface area (TPSA) is 39.1 Å². The van der Waals surface area contributed by atoms with Crippen LogP contribution in [0.1, 0.15) is 21.5 Å². The molecule has 26 heavy (non-hydrogen) atoms. The fourth-order valence-electron chi connectivity index (χ4n) is 2.53. The Bertz CT molecular complexity index is 1160. The maximum atomic E-state index is 12.6. The summed E-state index contributed by atoms with van der Waals surface area (Å²) in [6.45, 7) is 1.88. The summed E-state index contributed by atoms with van der Waals surface area (Å²) in [5.74, 6) is -0.137. The van der Waals surface area contributed by atoms with Gasteiger partial charge in [-0.05, 0) is 30.7 Å². The number of halogens is 2. The number of nitrogens with zero attached hydrogens (tertiary/aromatic N) is 1. The first kappa shape index (κ1) is 18.6. The van der Waals surface area contributed by atoms with E-state index in [0.29, 0.717) is 30.4 Å². The summed E-state index contributed by atoms with van der Waals surface area (Å²) in [5.41, 5.74) is 1.90. The van der Waals surface area contributed by atoms with Gasteiger partial charge in [0.2, 0.25) is 0 Å². The van der Waals surface area contributed by atoms with Gasteiger partial charge in [0, 0.05) is 34.3 Å². The van der Waals surface area contributed by atoms with Gasteiger partial charge in [0.25, 0.3) is 5.56 Å². The first-order chi connectivity index (χ1) is 12.4. The molecule has 132 valence electrons. The van der Waals surface area contributed by atoms with Crippen LogP contribution in [0, 0.1) is 6.92 Å². The fraction of sp³-hybridized carbons (Fsp3) is 0.100. The molecule has 0 unspecified atom stereocenters. The molecule has 3 nitrogen and oxygen atoms in total. The van der Waals surface area contributed by atoms with Crippen LogP contribution in [0.3, 0.4) is 0 Å². The van der Waals surface area contributed by atoms with Crippen molar-refractivity contribution in [1.29, 1.82) is 0 Å². The van der Waals surface area contributed by atoms with Gasteiger partial charge in [-0.2, -0.15) is 0 Å². The lowest BCUT2D eigenvalue weighted by Crippen LogP contribution is -2.29. The maximum absolute atomic E-state index is 12.6. The zero-order valence-corrected chi connectivity index (χ0v) is 16.5. The standard InChI is InChI=1S/C20H15Cl2NO2S/c1-12-6-3-4-7-13(12)17(24)11-19-23(2)20(25)18(26-19)10-14-15(21)8-5-9-16(14)22/h3-11H,1-2H3/b18-10-,19-11-. The number of ketones is 1. The number of carbonyl (C=O) groups excluding carboxylic acids is 1. The summed E-state index contributed by atoms with van der Waals surface area (Å²) in [5, 5.41) is 0.934. The Labute approximate surface area is 164 Å². The smallest absolute Gasteiger partial charge is 0.268 e. The molecule has 0 saturated heterocycles. The van der Waals surface area contributed by atoms with E-state index in [9.17, 15) is 9.59 Å². The van der Waals surface area contributed by atoms with Crippen molar-refractivity contribution in [2.45, 2.75) is 6.92 Å². The maximum Gasteiger partial charge on any atom is 0.268 e.